The molecule has 0 fully saturated rings. The summed E-state index contributed by atoms with van der Waals surface area (Å²) in [5.41, 5.74) is 4.63. The lowest BCUT2D eigenvalue weighted by Gasteiger charge is -2.25. The topological polar surface area (TPSA) is 171 Å². The summed E-state index contributed by atoms with van der Waals surface area (Å²) in [7, 11) is 0. The number of aliphatic carboxylic acids is 2. The van der Waals surface area contributed by atoms with Gasteiger partial charge in [-0.25, -0.2) is 9.59 Å². The first-order chi connectivity index (χ1) is 18.9. The fraction of sp³-hybridized carbons (Fsp3) is 0.483. The average Bonchev–Trinajstić information content (AvgIpc) is 3.20. The Labute approximate surface area is 233 Å². The zero-order valence-electron chi connectivity index (χ0n) is 23.1. The van der Waals surface area contributed by atoms with Crippen molar-refractivity contribution in [1.82, 2.24) is 16.0 Å². The average molecular weight is 556 g/mol. The van der Waals surface area contributed by atoms with E-state index < -0.39 is 54.4 Å². The normalized spacial score (nSPS) is 19.6. The van der Waals surface area contributed by atoms with Crippen molar-refractivity contribution in [2.75, 3.05) is 6.61 Å². The van der Waals surface area contributed by atoms with Crippen molar-refractivity contribution in [1.29, 1.82) is 0 Å². The summed E-state index contributed by atoms with van der Waals surface area (Å²) in [5.74, 6) is -4.08. The Kier molecular flexibility index (Phi) is 10.1. The highest BCUT2D eigenvalue weighted by Crippen LogP contribution is 2.47. The van der Waals surface area contributed by atoms with Crippen molar-refractivity contribution in [2.24, 2.45) is 11.8 Å². The van der Waals surface area contributed by atoms with Crippen molar-refractivity contribution < 1.29 is 38.9 Å². The highest BCUT2D eigenvalue weighted by molar-refractivity contribution is 5.93. The van der Waals surface area contributed by atoms with Crippen LogP contribution in [0, 0.1) is 11.8 Å². The molecule has 11 heteroatoms. The van der Waals surface area contributed by atoms with Gasteiger partial charge in [-0.2, -0.15) is 0 Å². The SMILES string of the molecule is CC1C=CC2=C(C1)C(COC(=O)N[C@H](C(=O)N[C@@H](C)C(=O)N[C@@H](CCC(=O)O)C(=O)O)C(C)C)c1ccccc12. The summed E-state index contributed by atoms with van der Waals surface area (Å²) in [6, 6.07) is 4.46. The summed E-state index contributed by atoms with van der Waals surface area (Å²) in [6.07, 6.45) is 3.65. The van der Waals surface area contributed by atoms with E-state index in [1.165, 1.54) is 18.1 Å². The van der Waals surface area contributed by atoms with E-state index in [1.54, 1.807) is 13.8 Å². The van der Waals surface area contributed by atoms with Crippen molar-refractivity contribution in [3.05, 3.63) is 53.1 Å². The first-order valence-corrected chi connectivity index (χ1v) is 13.4. The summed E-state index contributed by atoms with van der Waals surface area (Å²) in [4.78, 5) is 60.3. The Bertz CT molecular complexity index is 1220. The van der Waals surface area contributed by atoms with E-state index in [4.69, 9.17) is 9.84 Å². The Balaban J connectivity index is 1.58. The van der Waals surface area contributed by atoms with Gasteiger partial charge in [0.25, 0.3) is 0 Å². The van der Waals surface area contributed by atoms with Gasteiger partial charge in [-0.3, -0.25) is 14.4 Å². The van der Waals surface area contributed by atoms with Crippen LogP contribution in [0.3, 0.4) is 0 Å². The van der Waals surface area contributed by atoms with Gasteiger partial charge in [-0.1, -0.05) is 62.8 Å². The molecule has 1 aromatic rings. The molecule has 3 rings (SSSR count). The van der Waals surface area contributed by atoms with E-state index in [2.05, 4.69) is 41.1 Å². The molecule has 0 aromatic heterocycles. The number of carboxylic acid groups (broad SMARTS) is 2. The minimum Gasteiger partial charge on any atom is -0.481 e. The Morgan fingerprint density at radius 3 is 2.35 bits per heavy atom. The minimum absolute atomic E-state index is 0.0808. The third-order valence-corrected chi connectivity index (χ3v) is 7.14. The number of carbonyl (C=O) groups is 5. The van der Waals surface area contributed by atoms with Crippen molar-refractivity contribution in [2.45, 2.75) is 71.0 Å². The van der Waals surface area contributed by atoms with Crippen LogP contribution in [0.4, 0.5) is 4.79 Å². The number of hydrogen-bond acceptors (Lipinski definition) is 6. The molecule has 40 heavy (non-hydrogen) atoms. The number of carboxylic acids is 2. The molecule has 0 spiro atoms. The molecular formula is C29H37N3O8. The van der Waals surface area contributed by atoms with Gasteiger partial charge in [0.15, 0.2) is 0 Å². The predicted molar refractivity (Wildman–Crippen MR) is 146 cm³/mol. The first-order valence-electron chi connectivity index (χ1n) is 13.4. The van der Waals surface area contributed by atoms with Crippen LogP contribution >= 0.6 is 0 Å². The molecule has 0 radical (unpaired) electrons. The van der Waals surface area contributed by atoms with Crippen LogP contribution in [0.1, 0.15) is 64.0 Å². The number of alkyl carbamates (subject to hydrolysis) is 1. The molecule has 0 saturated carbocycles. The van der Waals surface area contributed by atoms with Crippen LogP contribution in [-0.2, 0) is 23.9 Å². The van der Waals surface area contributed by atoms with Crippen molar-refractivity contribution in [3.63, 3.8) is 0 Å². The number of fused-ring (bicyclic) bond motifs is 2. The van der Waals surface area contributed by atoms with Gasteiger partial charge < -0.3 is 30.9 Å². The largest absolute Gasteiger partial charge is 0.481 e. The molecule has 0 saturated heterocycles. The predicted octanol–water partition coefficient (Wildman–Crippen LogP) is 2.82. The number of ether oxygens (including phenoxy) is 1. The van der Waals surface area contributed by atoms with Gasteiger partial charge in [-0.05, 0) is 48.3 Å². The van der Waals surface area contributed by atoms with Crippen molar-refractivity contribution in [3.8, 4) is 0 Å². The van der Waals surface area contributed by atoms with E-state index in [0.717, 1.165) is 17.5 Å². The second kappa shape index (κ2) is 13.3. The van der Waals surface area contributed by atoms with Crippen molar-refractivity contribution >= 4 is 35.4 Å². The third-order valence-electron chi connectivity index (χ3n) is 7.14. The molecule has 2 aliphatic rings. The zero-order valence-corrected chi connectivity index (χ0v) is 23.1. The molecule has 216 valence electrons. The lowest BCUT2D eigenvalue weighted by molar-refractivity contribution is -0.143. The monoisotopic (exact) mass is 555 g/mol. The molecule has 5 atom stereocenters. The van der Waals surface area contributed by atoms with Gasteiger partial charge in [0.1, 0.15) is 24.7 Å². The number of nitrogens with one attached hydrogen (secondary N) is 3. The van der Waals surface area contributed by atoms with Gasteiger partial charge >= 0.3 is 18.0 Å². The molecular weight excluding hydrogens is 518 g/mol. The molecule has 0 aliphatic heterocycles. The maximum Gasteiger partial charge on any atom is 0.407 e. The molecule has 2 aliphatic carbocycles. The van der Waals surface area contributed by atoms with E-state index >= 15 is 0 Å². The molecule has 0 heterocycles. The standard InChI is InChI=1S/C29H37N3O8/c1-15(2)25(27(36)30-17(4)26(35)31-23(28(37)38)11-12-24(33)34)32-29(39)40-14-22-19-8-6-5-7-18(19)20-10-9-16(3)13-21(20)22/h5-10,15-17,22-23,25H,11-14H2,1-4H3,(H,30,36)(H,31,35)(H,32,39)(H,33,34)(H,37,38)/t16?,17-,22?,23-,25-/m0/s1. The Morgan fingerprint density at radius 2 is 1.70 bits per heavy atom. The number of carbonyl (C=O) groups excluding carboxylic acids is 3. The van der Waals surface area contributed by atoms with Gasteiger partial charge in [0.2, 0.25) is 11.8 Å². The number of rotatable bonds is 12. The summed E-state index contributed by atoms with van der Waals surface area (Å²) in [5, 5.41) is 25.3. The van der Waals surface area contributed by atoms with Crippen LogP contribution in [0.2, 0.25) is 0 Å². The fourth-order valence-corrected chi connectivity index (χ4v) is 4.96. The summed E-state index contributed by atoms with van der Waals surface area (Å²) >= 11 is 0. The van der Waals surface area contributed by atoms with Crippen LogP contribution in [0.5, 0.6) is 0 Å². The van der Waals surface area contributed by atoms with E-state index in [-0.39, 0.29) is 24.9 Å². The number of allylic oxidation sites excluding steroid dienone is 3. The van der Waals surface area contributed by atoms with E-state index in [9.17, 15) is 29.1 Å². The zero-order chi connectivity index (χ0) is 29.6. The smallest absolute Gasteiger partial charge is 0.407 e. The lowest BCUT2D eigenvalue weighted by Crippen LogP contribution is -2.56. The van der Waals surface area contributed by atoms with Gasteiger partial charge in [-0.15, -0.1) is 0 Å². The number of benzene rings is 1. The molecule has 0 bridgehead atoms. The number of hydrogen-bond donors (Lipinski definition) is 5. The Morgan fingerprint density at radius 1 is 1.00 bits per heavy atom. The van der Waals surface area contributed by atoms with Crippen LogP contribution in [0.15, 0.2) is 42.0 Å². The fourth-order valence-electron chi connectivity index (χ4n) is 4.96. The maximum absolute atomic E-state index is 12.9. The first kappa shape index (κ1) is 30.4. The van der Waals surface area contributed by atoms with Gasteiger partial charge in [0.05, 0.1) is 0 Å². The molecule has 2 unspecified atom stereocenters. The highest BCUT2D eigenvalue weighted by Gasteiger charge is 2.34. The molecule has 1 aromatic carbocycles. The summed E-state index contributed by atoms with van der Waals surface area (Å²) in [6.45, 7) is 7.06. The molecule has 3 amide bonds. The maximum atomic E-state index is 12.9. The van der Waals surface area contributed by atoms with Crippen LogP contribution in [-0.4, -0.2) is 64.8 Å². The third kappa shape index (κ3) is 7.49. The highest BCUT2D eigenvalue weighted by atomic mass is 16.5. The Hall–Kier alpha value is -4.15. The van der Waals surface area contributed by atoms with E-state index in [0.29, 0.717) is 5.92 Å². The molecule has 11 nitrogen and oxygen atoms in total. The quantitative estimate of drug-likeness (QED) is 0.262. The lowest BCUT2D eigenvalue weighted by atomic mass is 9.86. The van der Waals surface area contributed by atoms with Crippen LogP contribution in [0.25, 0.3) is 5.57 Å². The second-order valence-corrected chi connectivity index (χ2v) is 10.6. The molecule has 5 N–H and O–H groups in total. The van der Waals surface area contributed by atoms with E-state index in [1.807, 2.05) is 18.2 Å². The second-order valence-electron chi connectivity index (χ2n) is 10.6. The minimum atomic E-state index is -1.42. The van der Waals surface area contributed by atoms with Crippen LogP contribution < -0.4 is 16.0 Å². The van der Waals surface area contributed by atoms with Gasteiger partial charge in [0, 0.05) is 12.3 Å². The summed E-state index contributed by atoms with van der Waals surface area (Å²) < 4.78 is 5.59. The number of amides is 3.